The highest BCUT2D eigenvalue weighted by atomic mass is 35.5. The third-order valence-electron chi connectivity index (χ3n) is 5.25. The zero-order valence-electron chi connectivity index (χ0n) is 13.4. The highest BCUT2D eigenvalue weighted by Gasteiger charge is 2.57. The summed E-state index contributed by atoms with van der Waals surface area (Å²) in [6, 6.07) is 8.72. The van der Waals surface area contributed by atoms with E-state index in [1.165, 1.54) is 24.0 Å². The van der Waals surface area contributed by atoms with Crippen LogP contribution >= 0.6 is 12.4 Å². The van der Waals surface area contributed by atoms with E-state index in [9.17, 15) is 4.79 Å². The van der Waals surface area contributed by atoms with Crippen LogP contribution in [0.1, 0.15) is 37.3 Å². The molecule has 4 heteroatoms. The molecule has 22 heavy (non-hydrogen) atoms. The summed E-state index contributed by atoms with van der Waals surface area (Å²) in [6.07, 6.45) is 5.45. The monoisotopic (exact) mass is 322 g/mol. The first-order chi connectivity index (χ1) is 10.2. The van der Waals surface area contributed by atoms with Gasteiger partial charge in [0.25, 0.3) is 0 Å². The topological polar surface area (TPSA) is 41.1 Å². The minimum atomic E-state index is 0. The minimum Gasteiger partial charge on any atom is -0.356 e. The van der Waals surface area contributed by atoms with Crippen molar-refractivity contribution < 1.29 is 4.79 Å². The van der Waals surface area contributed by atoms with Crippen LogP contribution in [0.5, 0.6) is 0 Å². The fraction of sp³-hybridized carbons (Fsp3) is 0.611. The van der Waals surface area contributed by atoms with Gasteiger partial charge >= 0.3 is 0 Å². The van der Waals surface area contributed by atoms with E-state index < -0.39 is 0 Å². The number of rotatable bonds is 5. The SMILES string of the molecule is CCc1ccc(CCNC(=O)C2CC23CCNCC3)cc1.Cl. The van der Waals surface area contributed by atoms with Gasteiger partial charge in [-0.05, 0) is 61.7 Å². The minimum absolute atomic E-state index is 0. The lowest BCUT2D eigenvalue weighted by Crippen LogP contribution is -2.34. The second kappa shape index (κ2) is 7.47. The number of carbonyl (C=O) groups excluding carboxylic acids is 1. The normalized spacial score (nSPS) is 22.0. The van der Waals surface area contributed by atoms with Gasteiger partial charge in [0.1, 0.15) is 0 Å². The summed E-state index contributed by atoms with van der Waals surface area (Å²) in [5, 5.41) is 6.52. The lowest BCUT2D eigenvalue weighted by molar-refractivity contribution is -0.123. The van der Waals surface area contributed by atoms with Crippen LogP contribution < -0.4 is 10.6 Å². The largest absolute Gasteiger partial charge is 0.356 e. The Labute approximate surface area is 139 Å². The Bertz CT molecular complexity index is 494. The molecule has 1 aliphatic carbocycles. The molecule has 1 atom stereocenters. The molecule has 0 aromatic heterocycles. The molecule has 1 spiro atoms. The number of hydrogen-bond acceptors (Lipinski definition) is 2. The molecule has 1 saturated carbocycles. The van der Waals surface area contributed by atoms with Gasteiger partial charge in [0, 0.05) is 12.5 Å². The van der Waals surface area contributed by atoms with Crippen LogP contribution in [0.25, 0.3) is 0 Å². The van der Waals surface area contributed by atoms with Crippen molar-refractivity contribution in [1.29, 1.82) is 0 Å². The highest BCUT2D eigenvalue weighted by Crippen LogP contribution is 2.58. The molecule has 0 radical (unpaired) electrons. The molecule has 1 amide bonds. The Morgan fingerprint density at radius 2 is 1.86 bits per heavy atom. The van der Waals surface area contributed by atoms with E-state index in [4.69, 9.17) is 0 Å². The fourth-order valence-electron chi connectivity index (χ4n) is 3.59. The van der Waals surface area contributed by atoms with E-state index in [1.54, 1.807) is 0 Å². The molecule has 2 aliphatic rings. The first-order valence-corrected chi connectivity index (χ1v) is 8.30. The molecule has 1 unspecified atom stereocenters. The summed E-state index contributed by atoms with van der Waals surface area (Å²) >= 11 is 0. The standard InChI is InChI=1S/C18H26N2O.ClH/c1-2-14-3-5-15(6-4-14)7-10-20-17(21)16-13-18(16)8-11-19-12-9-18;/h3-6,16,19H,2,7-13H2,1H3,(H,20,21);1H. The maximum atomic E-state index is 12.2. The third kappa shape index (κ3) is 3.82. The molecule has 1 aromatic carbocycles. The number of hydrogen-bond donors (Lipinski definition) is 2. The molecule has 1 aliphatic heterocycles. The Balaban J connectivity index is 0.00000176. The zero-order chi connectivity index (χ0) is 14.7. The highest BCUT2D eigenvalue weighted by molar-refractivity contribution is 5.85. The number of nitrogens with one attached hydrogen (secondary N) is 2. The van der Waals surface area contributed by atoms with Crippen molar-refractivity contribution in [2.24, 2.45) is 11.3 Å². The predicted octanol–water partition coefficient (Wildman–Crippen LogP) is 2.72. The third-order valence-corrected chi connectivity index (χ3v) is 5.25. The fourth-order valence-corrected chi connectivity index (χ4v) is 3.59. The first-order valence-electron chi connectivity index (χ1n) is 8.30. The summed E-state index contributed by atoms with van der Waals surface area (Å²) in [4.78, 5) is 12.2. The van der Waals surface area contributed by atoms with Gasteiger partial charge in [0.2, 0.25) is 5.91 Å². The molecular weight excluding hydrogens is 296 g/mol. The number of carbonyl (C=O) groups is 1. The predicted molar refractivity (Wildman–Crippen MR) is 92.4 cm³/mol. The molecule has 3 rings (SSSR count). The van der Waals surface area contributed by atoms with E-state index in [0.717, 1.165) is 38.9 Å². The molecule has 1 aromatic rings. The second-order valence-electron chi connectivity index (χ2n) is 6.58. The van der Waals surface area contributed by atoms with Crippen LogP contribution in [0.15, 0.2) is 24.3 Å². The Morgan fingerprint density at radius 3 is 2.50 bits per heavy atom. The lowest BCUT2D eigenvalue weighted by Gasteiger charge is -2.23. The van der Waals surface area contributed by atoms with Crippen molar-refractivity contribution in [3.05, 3.63) is 35.4 Å². The molecule has 122 valence electrons. The van der Waals surface area contributed by atoms with Crippen LogP contribution in [-0.4, -0.2) is 25.5 Å². The molecule has 3 nitrogen and oxygen atoms in total. The van der Waals surface area contributed by atoms with E-state index in [2.05, 4.69) is 41.8 Å². The average Bonchev–Trinajstić information content (AvgIpc) is 3.22. The second-order valence-corrected chi connectivity index (χ2v) is 6.58. The molecule has 2 N–H and O–H groups in total. The van der Waals surface area contributed by atoms with Gasteiger partial charge in [0.05, 0.1) is 0 Å². The number of halogens is 1. The zero-order valence-corrected chi connectivity index (χ0v) is 14.2. The van der Waals surface area contributed by atoms with Crippen LogP contribution in [0.4, 0.5) is 0 Å². The van der Waals surface area contributed by atoms with Crippen molar-refractivity contribution in [3.8, 4) is 0 Å². The summed E-state index contributed by atoms with van der Waals surface area (Å²) < 4.78 is 0. The molecule has 1 saturated heterocycles. The molecular formula is C18H27ClN2O. The maximum absolute atomic E-state index is 12.2. The first kappa shape index (κ1) is 17.3. The van der Waals surface area contributed by atoms with Gasteiger partial charge in [-0.3, -0.25) is 4.79 Å². The van der Waals surface area contributed by atoms with E-state index in [-0.39, 0.29) is 24.2 Å². The van der Waals surface area contributed by atoms with E-state index in [0.29, 0.717) is 5.41 Å². The number of piperidine rings is 1. The Hall–Kier alpha value is -1.06. The van der Waals surface area contributed by atoms with Gasteiger partial charge in [-0.2, -0.15) is 0 Å². The van der Waals surface area contributed by atoms with Crippen LogP contribution in [0, 0.1) is 11.3 Å². The van der Waals surface area contributed by atoms with Crippen molar-refractivity contribution >= 4 is 18.3 Å². The Morgan fingerprint density at radius 1 is 1.23 bits per heavy atom. The van der Waals surface area contributed by atoms with E-state index in [1.807, 2.05) is 0 Å². The molecule has 0 bridgehead atoms. The van der Waals surface area contributed by atoms with Gasteiger partial charge in [-0.1, -0.05) is 31.2 Å². The smallest absolute Gasteiger partial charge is 0.223 e. The van der Waals surface area contributed by atoms with Gasteiger partial charge in [0.15, 0.2) is 0 Å². The van der Waals surface area contributed by atoms with Crippen molar-refractivity contribution in [3.63, 3.8) is 0 Å². The lowest BCUT2D eigenvalue weighted by atomic mass is 9.92. The average molecular weight is 323 g/mol. The van der Waals surface area contributed by atoms with Crippen LogP contribution in [0.3, 0.4) is 0 Å². The maximum Gasteiger partial charge on any atom is 0.223 e. The summed E-state index contributed by atoms with van der Waals surface area (Å²) in [5.41, 5.74) is 3.02. The summed E-state index contributed by atoms with van der Waals surface area (Å²) in [5.74, 6) is 0.559. The van der Waals surface area contributed by atoms with Gasteiger partial charge in [-0.25, -0.2) is 0 Å². The summed E-state index contributed by atoms with van der Waals surface area (Å²) in [7, 11) is 0. The van der Waals surface area contributed by atoms with Crippen molar-refractivity contribution in [1.82, 2.24) is 10.6 Å². The number of benzene rings is 1. The quantitative estimate of drug-likeness (QED) is 0.875. The molecule has 2 fully saturated rings. The van der Waals surface area contributed by atoms with Gasteiger partial charge < -0.3 is 10.6 Å². The number of amides is 1. The van der Waals surface area contributed by atoms with E-state index >= 15 is 0 Å². The Kier molecular flexibility index (Phi) is 5.87. The number of aryl methyl sites for hydroxylation is 1. The van der Waals surface area contributed by atoms with Crippen molar-refractivity contribution in [2.45, 2.75) is 39.0 Å². The van der Waals surface area contributed by atoms with Crippen molar-refractivity contribution in [2.75, 3.05) is 19.6 Å². The van der Waals surface area contributed by atoms with Crippen LogP contribution in [0.2, 0.25) is 0 Å². The van der Waals surface area contributed by atoms with Gasteiger partial charge in [-0.15, -0.1) is 12.4 Å². The summed E-state index contributed by atoms with van der Waals surface area (Å²) in [6.45, 7) is 5.08. The molecule has 1 heterocycles. The van der Waals surface area contributed by atoms with Crippen LogP contribution in [-0.2, 0) is 17.6 Å².